The Morgan fingerprint density at radius 3 is 2.53 bits per heavy atom. The summed E-state index contributed by atoms with van der Waals surface area (Å²) in [7, 11) is 1.20. The first-order valence-electron chi connectivity index (χ1n) is 7.02. The second kappa shape index (κ2) is 5.67. The average Bonchev–Trinajstić information content (AvgIpc) is 2.77. The first-order valence-corrected chi connectivity index (χ1v) is 8.60. The second-order valence-corrected chi connectivity index (χ2v) is 7.07. The van der Waals surface area contributed by atoms with Gasteiger partial charge in [0, 0.05) is 0 Å². The van der Waals surface area contributed by atoms with Crippen LogP contribution in [0, 0.1) is 17.8 Å². The van der Waals surface area contributed by atoms with Crippen LogP contribution in [0.25, 0.3) is 0 Å². The maximum absolute atomic E-state index is 2.41. The second-order valence-electron chi connectivity index (χ2n) is 5.68. The minimum Gasteiger partial charge on any atom is -0.122 e. The van der Waals surface area contributed by atoms with Gasteiger partial charge in [-0.1, -0.05) is 32.6 Å². The quantitative estimate of drug-likeness (QED) is 0.613. The van der Waals surface area contributed by atoms with E-state index in [1.165, 1.54) is 34.3 Å². The lowest BCUT2D eigenvalue weighted by molar-refractivity contribution is 0.158. The third kappa shape index (κ3) is 2.76. The number of hydrogen-bond donors (Lipinski definition) is 0. The van der Waals surface area contributed by atoms with Gasteiger partial charge in [0.25, 0.3) is 0 Å². The van der Waals surface area contributed by atoms with Gasteiger partial charge < -0.3 is 0 Å². The summed E-state index contributed by atoms with van der Waals surface area (Å²) in [5.41, 5.74) is 1.11. The molecule has 0 aromatic heterocycles. The average molecular weight is 226 g/mol. The molecule has 0 N–H and O–H groups in total. The van der Waals surface area contributed by atoms with Crippen LogP contribution in [-0.2, 0) is 0 Å². The summed E-state index contributed by atoms with van der Waals surface area (Å²) >= 11 is 0. The van der Waals surface area contributed by atoms with Crippen LogP contribution in [0.1, 0.15) is 58.3 Å². The molecule has 88 valence electrons. The molecule has 15 heavy (non-hydrogen) atoms. The predicted octanol–water partition coefficient (Wildman–Crippen LogP) is 4.68. The first kappa shape index (κ1) is 11.9. The van der Waals surface area contributed by atoms with Gasteiger partial charge in [-0.15, -0.1) is 8.58 Å². The van der Waals surface area contributed by atoms with Crippen LogP contribution >= 0.6 is 8.58 Å². The summed E-state index contributed by atoms with van der Waals surface area (Å²) in [4.78, 5) is 0. The molecule has 0 nitrogen and oxygen atoms in total. The van der Waals surface area contributed by atoms with Crippen molar-refractivity contribution >= 4 is 8.58 Å². The fourth-order valence-corrected chi connectivity index (χ4v) is 5.03. The molecule has 1 heteroatoms. The maximum atomic E-state index is 2.41. The van der Waals surface area contributed by atoms with Crippen LogP contribution in [0.3, 0.4) is 0 Å². The lowest BCUT2D eigenvalue weighted by Gasteiger charge is -2.35. The van der Waals surface area contributed by atoms with E-state index in [1.807, 2.05) is 0 Å². The van der Waals surface area contributed by atoms with E-state index >= 15 is 0 Å². The fourth-order valence-electron chi connectivity index (χ4n) is 4.03. The van der Waals surface area contributed by atoms with Crippen molar-refractivity contribution < 1.29 is 0 Å². The lowest BCUT2D eigenvalue weighted by Crippen LogP contribution is -2.25. The molecule has 0 heterocycles. The van der Waals surface area contributed by atoms with Gasteiger partial charge in [0.1, 0.15) is 0 Å². The highest BCUT2D eigenvalue weighted by Crippen LogP contribution is 2.46. The summed E-state index contributed by atoms with van der Waals surface area (Å²) in [6, 6.07) is 0. The molecule has 2 aliphatic carbocycles. The van der Waals surface area contributed by atoms with Gasteiger partial charge >= 0.3 is 0 Å². The molecular weight excluding hydrogens is 199 g/mol. The largest absolute Gasteiger partial charge is 0.122 e. The predicted molar refractivity (Wildman–Crippen MR) is 71.1 cm³/mol. The molecule has 0 bridgehead atoms. The van der Waals surface area contributed by atoms with Crippen molar-refractivity contribution in [3.8, 4) is 0 Å². The Kier molecular flexibility index (Phi) is 4.50. The third-order valence-corrected chi connectivity index (χ3v) is 6.32. The third-order valence-electron chi connectivity index (χ3n) is 4.98. The van der Waals surface area contributed by atoms with Crippen molar-refractivity contribution in [2.45, 2.75) is 63.9 Å². The smallest absolute Gasteiger partial charge is 0.0236 e. The van der Waals surface area contributed by atoms with Crippen LogP contribution in [-0.4, -0.2) is 12.3 Å². The van der Waals surface area contributed by atoms with Gasteiger partial charge in [-0.25, -0.2) is 0 Å². The van der Waals surface area contributed by atoms with Crippen LogP contribution in [0.2, 0.25) is 0 Å². The molecule has 5 unspecified atom stereocenters. The highest BCUT2D eigenvalue weighted by Gasteiger charge is 2.34. The van der Waals surface area contributed by atoms with E-state index in [0.717, 1.165) is 23.4 Å². The Labute approximate surface area is 97.4 Å². The Morgan fingerprint density at radius 2 is 1.87 bits per heavy atom. The zero-order valence-electron chi connectivity index (χ0n) is 10.5. The van der Waals surface area contributed by atoms with Crippen molar-refractivity contribution in [2.75, 3.05) is 6.66 Å². The standard InChI is InChI=1S/C14H27P/c1-3-11-6-4-5-7-14(11)12-8-9-13(10-12)15-2/h11-15H,3-10H2,1-2H3. The van der Waals surface area contributed by atoms with Crippen molar-refractivity contribution in [1.82, 2.24) is 0 Å². The van der Waals surface area contributed by atoms with Gasteiger partial charge in [0.05, 0.1) is 0 Å². The summed E-state index contributed by atoms with van der Waals surface area (Å²) < 4.78 is 0. The number of rotatable bonds is 3. The minimum absolute atomic E-state index is 1.09. The van der Waals surface area contributed by atoms with E-state index < -0.39 is 0 Å². The van der Waals surface area contributed by atoms with Gasteiger partial charge in [0.2, 0.25) is 0 Å². The monoisotopic (exact) mass is 226 g/mol. The highest BCUT2D eigenvalue weighted by molar-refractivity contribution is 7.37. The fraction of sp³-hybridized carbons (Fsp3) is 1.00. The van der Waals surface area contributed by atoms with E-state index in [4.69, 9.17) is 0 Å². The normalized spacial score (nSPS) is 42.8. The molecule has 0 radical (unpaired) electrons. The van der Waals surface area contributed by atoms with Crippen molar-refractivity contribution in [3.05, 3.63) is 0 Å². The summed E-state index contributed by atoms with van der Waals surface area (Å²) in [6.45, 7) is 4.82. The van der Waals surface area contributed by atoms with Gasteiger partial charge in [-0.3, -0.25) is 0 Å². The van der Waals surface area contributed by atoms with Gasteiger partial charge in [0.15, 0.2) is 0 Å². The lowest BCUT2D eigenvalue weighted by atomic mass is 9.71. The highest BCUT2D eigenvalue weighted by atomic mass is 31.1. The topological polar surface area (TPSA) is 0 Å². The van der Waals surface area contributed by atoms with Gasteiger partial charge in [-0.2, -0.15) is 0 Å². The number of hydrogen-bond acceptors (Lipinski definition) is 0. The van der Waals surface area contributed by atoms with Crippen LogP contribution in [0.4, 0.5) is 0 Å². The zero-order valence-corrected chi connectivity index (χ0v) is 11.5. The van der Waals surface area contributed by atoms with Crippen molar-refractivity contribution in [2.24, 2.45) is 17.8 Å². The summed E-state index contributed by atoms with van der Waals surface area (Å²) in [6.07, 6.45) is 12.3. The summed E-state index contributed by atoms with van der Waals surface area (Å²) in [5, 5.41) is 0. The molecule has 0 amide bonds. The van der Waals surface area contributed by atoms with Crippen molar-refractivity contribution in [3.63, 3.8) is 0 Å². The molecule has 2 saturated carbocycles. The molecule has 0 saturated heterocycles. The molecule has 0 spiro atoms. The Hall–Kier alpha value is 0.430. The molecule has 2 aliphatic rings. The van der Waals surface area contributed by atoms with Crippen LogP contribution in [0.15, 0.2) is 0 Å². The molecule has 2 rings (SSSR count). The molecule has 0 aromatic carbocycles. The van der Waals surface area contributed by atoms with E-state index in [1.54, 1.807) is 25.7 Å². The van der Waals surface area contributed by atoms with E-state index in [9.17, 15) is 0 Å². The molecule has 0 aliphatic heterocycles. The first-order chi connectivity index (χ1) is 7.35. The minimum atomic E-state index is 1.09. The van der Waals surface area contributed by atoms with Gasteiger partial charge in [-0.05, 0) is 55.8 Å². The van der Waals surface area contributed by atoms with Crippen LogP contribution < -0.4 is 0 Å². The van der Waals surface area contributed by atoms with E-state index in [-0.39, 0.29) is 0 Å². The molecule has 5 atom stereocenters. The van der Waals surface area contributed by atoms with E-state index in [2.05, 4.69) is 13.6 Å². The van der Waals surface area contributed by atoms with Crippen LogP contribution in [0.5, 0.6) is 0 Å². The summed E-state index contributed by atoms with van der Waals surface area (Å²) in [5.74, 6) is 3.32. The zero-order chi connectivity index (χ0) is 10.7. The SMILES string of the molecule is CCC1CCCCC1C1CCC(PC)C1. The molecule has 0 aromatic rings. The molecule has 2 fully saturated rings. The maximum Gasteiger partial charge on any atom is -0.0236 e. The molecular formula is C14H27P. The Morgan fingerprint density at radius 1 is 1.07 bits per heavy atom. The van der Waals surface area contributed by atoms with E-state index in [0.29, 0.717) is 0 Å². The Bertz CT molecular complexity index is 190. The van der Waals surface area contributed by atoms with Crippen molar-refractivity contribution in [1.29, 1.82) is 0 Å². The Balaban J connectivity index is 1.90.